The standard InChI is InChI=1S/C15H23N3S.HI/c1-12(2)10-18-15(16)17-8-9-19-11-14-6-4-13(3)5-7-14;/h4-7H,1,8-11H2,2-3H3,(H3,16,17,18);1H. The number of thioether (sulfide) groups is 1. The maximum Gasteiger partial charge on any atom is 0.188 e. The minimum Gasteiger partial charge on any atom is -0.370 e. The predicted octanol–water partition coefficient (Wildman–Crippen LogP) is 3.33. The zero-order chi connectivity index (χ0) is 14.1. The third-order valence-corrected chi connectivity index (χ3v) is 3.49. The van der Waals surface area contributed by atoms with Crippen LogP contribution in [0.5, 0.6) is 0 Å². The monoisotopic (exact) mass is 405 g/mol. The van der Waals surface area contributed by atoms with E-state index >= 15 is 0 Å². The molecular weight excluding hydrogens is 381 g/mol. The molecule has 0 unspecified atom stereocenters. The summed E-state index contributed by atoms with van der Waals surface area (Å²) in [7, 11) is 0. The van der Waals surface area contributed by atoms with E-state index in [1.165, 1.54) is 11.1 Å². The molecule has 0 aliphatic rings. The number of nitrogens with one attached hydrogen (secondary N) is 1. The topological polar surface area (TPSA) is 50.4 Å². The van der Waals surface area contributed by atoms with E-state index in [4.69, 9.17) is 5.73 Å². The van der Waals surface area contributed by atoms with E-state index in [0.29, 0.717) is 12.5 Å². The van der Waals surface area contributed by atoms with Gasteiger partial charge in [0.05, 0.1) is 6.54 Å². The van der Waals surface area contributed by atoms with E-state index in [-0.39, 0.29) is 24.0 Å². The van der Waals surface area contributed by atoms with Crippen molar-refractivity contribution in [2.45, 2.75) is 19.6 Å². The lowest BCUT2D eigenvalue weighted by atomic mass is 10.2. The highest BCUT2D eigenvalue weighted by atomic mass is 127. The molecule has 1 aromatic carbocycles. The second kappa shape index (κ2) is 11.0. The molecule has 0 aliphatic heterocycles. The van der Waals surface area contributed by atoms with Crippen molar-refractivity contribution in [1.29, 1.82) is 0 Å². The Labute approximate surface area is 143 Å². The number of nitrogens with zero attached hydrogens (tertiary/aromatic N) is 1. The zero-order valence-electron chi connectivity index (χ0n) is 12.2. The Bertz CT molecular complexity index is 429. The van der Waals surface area contributed by atoms with E-state index in [0.717, 1.165) is 23.6 Å². The molecule has 0 atom stereocenters. The normalized spacial score (nSPS) is 10.8. The van der Waals surface area contributed by atoms with Gasteiger partial charge in [0.25, 0.3) is 0 Å². The minimum atomic E-state index is 0. The van der Waals surface area contributed by atoms with Crippen molar-refractivity contribution in [3.8, 4) is 0 Å². The predicted molar refractivity (Wildman–Crippen MR) is 102 cm³/mol. The minimum absolute atomic E-state index is 0. The molecule has 0 aliphatic carbocycles. The molecule has 5 heteroatoms. The lowest BCUT2D eigenvalue weighted by molar-refractivity contribution is 0.946. The van der Waals surface area contributed by atoms with Crippen molar-refractivity contribution >= 4 is 41.7 Å². The van der Waals surface area contributed by atoms with Gasteiger partial charge in [-0.15, -0.1) is 24.0 Å². The van der Waals surface area contributed by atoms with Crippen molar-refractivity contribution in [1.82, 2.24) is 5.32 Å². The van der Waals surface area contributed by atoms with Gasteiger partial charge >= 0.3 is 0 Å². The molecule has 20 heavy (non-hydrogen) atoms. The smallest absolute Gasteiger partial charge is 0.188 e. The lowest BCUT2D eigenvalue weighted by Gasteiger charge is -2.06. The Kier molecular flexibility index (Phi) is 10.6. The summed E-state index contributed by atoms with van der Waals surface area (Å²) in [6.07, 6.45) is 0. The molecule has 0 bridgehead atoms. The molecule has 0 spiro atoms. The fourth-order valence-electron chi connectivity index (χ4n) is 1.40. The van der Waals surface area contributed by atoms with Crippen molar-refractivity contribution in [3.05, 3.63) is 47.5 Å². The van der Waals surface area contributed by atoms with E-state index in [1.807, 2.05) is 18.7 Å². The van der Waals surface area contributed by atoms with Crippen LogP contribution in [0.4, 0.5) is 0 Å². The largest absolute Gasteiger partial charge is 0.370 e. The molecule has 0 saturated carbocycles. The van der Waals surface area contributed by atoms with Crippen LogP contribution in [0.3, 0.4) is 0 Å². The second-order valence-corrected chi connectivity index (χ2v) is 5.73. The van der Waals surface area contributed by atoms with Crippen molar-refractivity contribution in [2.24, 2.45) is 10.7 Å². The summed E-state index contributed by atoms with van der Waals surface area (Å²) in [5, 5.41) is 3.10. The van der Waals surface area contributed by atoms with Gasteiger partial charge in [-0.05, 0) is 19.4 Å². The summed E-state index contributed by atoms with van der Waals surface area (Å²) in [5.74, 6) is 2.54. The van der Waals surface area contributed by atoms with Gasteiger partial charge in [0.2, 0.25) is 0 Å². The quantitative estimate of drug-likeness (QED) is 0.241. The van der Waals surface area contributed by atoms with Gasteiger partial charge in [-0.3, -0.25) is 0 Å². The zero-order valence-corrected chi connectivity index (χ0v) is 15.3. The van der Waals surface area contributed by atoms with Gasteiger partial charge in [0.1, 0.15) is 0 Å². The Hall–Kier alpha value is -0.690. The van der Waals surface area contributed by atoms with Gasteiger partial charge in [-0.2, -0.15) is 11.8 Å². The van der Waals surface area contributed by atoms with Gasteiger partial charge < -0.3 is 11.1 Å². The first-order chi connectivity index (χ1) is 9.08. The van der Waals surface area contributed by atoms with Gasteiger partial charge in [-0.25, -0.2) is 4.99 Å². The Morgan fingerprint density at radius 2 is 2.00 bits per heavy atom. The molecule has 1 rings (SSSR count). The summed E-state index contributed by atoms with van der Waals surface area (Å²) in [5.41, 5.74) is 9.40. The van der Waals surface area contributed by atoms with Crippen molar-refractivity contribution in [2.75, 3.05) is 18.8 Å². The fraction of sp³-hybridized carbons (Fsp3) is 0.400. The van der Waals surface area contributed by atoms with Gasteiger partial charge in [0.15, 0.2) is 5.96 Å². The number of hydrogen-bond donors (Lipinski definition) is 2. The van der Waals surface area contributed by atoms with Crippen LogP contribution < -0.4 is 11.1 Å². The Balaban J connectivity index is 0.00000361. The third kappa shape index (κ3) is 9.25. The number of benzene rings is 1. The van der Waals surface area contributed by atoms with Crippen LogP contribution in [0.25, 0.3) is 0 Å². The summed E-state index contributed by atoms with van der Waals surface area (Å²) in [6, 6.07) is 8.66. The molecule has 0 saturated heterocycles. The summed E-state index contributed by atoms with van der Waals surface area (Å²) in [6.45, 7) is 9.25. The molecular formula is C15H24IN3S. The first-order valence-electron chi connectivity index (χ1n) is 6.39. The van der Waals surface area contributed by atoms with Crippen LogP contribution in [0.2, 0.25) is 0 Å². The van der Waals surface area contributed by atoms with Crippen LogP contribution in [0.15, 0.2) is 41.4 Å². The molecule has 0 fully saturated rings. The molecule has 3 N–H and O–H groups in total. The van der Waals surface area contributed by atoms with Crippen LogP contribution >= 0.6 is 35.7 Å². The van der Waals surface area contributed by atoms with Crippen LogP contribution in [0.1, 0.15) is 18.1 Å². The highest BCUT2D eigenvalue weighted by Gasteiger charge is 1.95. The molecule has 0 aromatic heterocycles. The summed E-state index contributed by atoms with van der Waals surface area (Å²) in [4.78, 5) is 4.16. The number of hydrogen-bond acceptors (Lipinski definition) is 2. The fourth-order valence-corrected chi connectivity index (χ4v) is 2.22. The number of aliphatic imine (C=N–C) groups is 1. The molecule has 0 radical (unpaired) electrons. The van der Waals surface area contributed by atoms with Gasteiger partial charge in [-0.1, -0.05) is 42.0 Å². The Morgan fingerprint density at radius 3 is 2.60 bits per heavy atom. The highest BCUT2D eigenvalue weighted by molar-refractivity contribution is 14.0. The summed E-state index contributed by atoms with van der Waals surface area (Å²) < 4.78 is 0. The number of aryl methyl sites for hydroxylation is 1. The van der Waals surface area contributed by atoms with Crippen LogP contribution in [-0.4, -0.2) is 24.8 Å². The average molecular weight is 405 g/mol. The van der Waals surface area contributed by atoms with Crippen molar-refractivity contribution in [3.63, 3.8) is 0 Å². The Morgan fingerprint density at radius 1 is 1.35 bits per heavy atom. The molecule has 0 heterocycles. The molecule has 0 amide bonds. The van der Waals surface area contributed by atoms with E-state index in [1.54, 1.807) is 0 Å². The van der Waals surface area contributed by atoms with Crippen molar-refractivity contribution < 1.29 is 0 Å². The number of rotatable bonds is 7. The molecule has 1 aromatic rings. The maximum atomic E-state index is 5.72. The van der Waals surface area contributed by atoms with E-state index in [2.05, 4.69) is 48.1 Å². The maximum absolute atomic E-state index is 5.72. The first kappa shape index (κ1) is 19.3. The third-order valence-electron chi connectivity index (χ3n) is 2.46. The molecule has 3 nitrogen and oxygen atoms in total. The van der Waals surface area contributed by atoms with Crippen LogP contribution in [-0.2, 0) is 5.75 Å². The number of guanidine groups is 1. The first-order valence-corrected chi connectivity index (χ1v) is 7.55. The molecule has 112 valence electrons. The summed E-state index contributed by atoms with van der Waals surface area (Å²) >= 11 is 1.89. The van der Waals surface area contributed by atoms with Crippen LogP contribution in [0, 0.1) is 6.92 Å². The average Bonchev–Trinajstić information content (AvgIpc) is 2.38. The van der Waals surface area contributed by atoms with Gasteiger partial charge in [0, 0.05) is 18.1 Å². The highest BCUT2D eigenvalue weighted by Crippen LogP contribution is 2.12. The lowest BCUT2D eigenvalue weighted by Crippen LogP contribution is -2.33. The number of nitrogens with two attached hydrogens (primary N) is 1. The second-order valence-electron chi connectivity index (χ2n) is 4.62. The number of halogens is 1. The SMILES string of the molecule is C=C(C)CN=C(N)NCCSCc1ccc(C)cc1.I. The van der Waals surface area contributed by atoms with E-state index in [9.17, 15) is 0 Å². The van der Waals surface area contributed by atoms with E-state index < -0.39 is 0 Å².